The molecule has 1 amide bonds. The molecule has 1 aliphatic carbocycles. The number of carbonyl (C=O) groups excluding carboxylic acids is 2. The van der Waals surface area contributed by atoms with Crippen LogP contribution in [-0.4, -0.2) is 18.9 Å². The summed E-state index contributed by atoms with van der Waals surface area (Å²) in [5, 5.41) is 6.80. The number of anilines is 1. The second-order valence-corrected chi connectivity index (χ2v) is 7.12. The van der Waals surface area contributed by atoms with Crippen molar-refractivity contribution in [3.8, 4) is 0 Å². The van der Waals surface area contributed by atoms with Gasteiger partial charge in [0.05, 0.1) is 11.1 Å². The minimum atomic E-state index is -0.544. The number of thiophene rings is 1. The standard InChI is InChI=1S/C18H18N2O3S/c1-19-15(21)14-12-8-4-5-9-13(12)24-17(14)20-16-10-6-2-3-7-11(10)18(22)23-16/h2-3,6-7,16,20H,4-5,8-9H2,1H3,(H,19,21). The van der Waals surface area contributed by atoms with Gasteiger partial charge in [0.25, 0.3) is 5.91 Å². The SMILES string of the molecule is CNC(=O)c1c(NC2OC(=O)c3ccccc32)sc2c1CCCC2. The minimum Gasteiger partial charge on any atom is -0.434 e. The molecule has 4 rings (SSSR count). The number of aryl methyl sites for hydroxylation is 1. The van der Waals surface area contributed by atoms with Gasteiger partial charge in [-0.15, -0.1) is 11.3 Å². The number of esters is 1. The van der Waals surface area contributed by atoms with Crippen LogP contribution in [0.4, 0.5) is 5.00 Å². The zero-order chi connectivity index (χ0) is 16.7. The predicted molar refractivity (Wildman–Crippen MR) is 92.6 cm³/mol. The highest BCUT2D eigenvalue weighted by Crippen LogP contribution is 2.41. The van der Waals surface area contributed by atoms with Gasteiger partial charge >= 0.3 is 5.97 Å². The monoisotopic (exact) mass is 342 g/mol. The van der Waals surface area contributed by atoms with E-state index < -0.39 is 6.23 Å². The van der Waals surface area contributed by atoms with E-state index in [1.807, 2.05) is 18.2 Å². The van der Waals surface area contributed by atoms with Gasteiger partial charge in [-0.2, -0.15) is 0 Å². The van der Waals surface area contributed by atoms with Crippen molar-refractivity contribution in [2.45, 2.75) is 31.9 Å². The van der Waals surface area contributed by atoms with Crippen LogP contribution >= 0.6 is 11.3 Å². The highest BCUT2D eigenvalue weighted by Gasteiger charge is 2.33. The molecule has 5 nitrogen and oxygen atoms in total. The highest BCUT2D eigenvalue weighted by molar-refractivity contribution is 7.16. The van der Waals surface area contributed by atoms with Gasteiger partial charge in [-0.05, 0) is 37.3 Å². The summed E-state index contributed by atoms with van der Waals surface area (Å²) in [7, 11) is 1.64. The van der Waals surface area contributed by atoms with Gasteiger partial charge < -0.3 is 15.4 Å². The smallest absolute Gasteiger partial charge is 0.340 e. The van der Waals surface area contributed by atoms with Crippen molar-refractivity contribution >= 4 is 28.2 Å². The summed E-state index contributed by atoms with van der Waals surface area (Å²) in [5.74, 6) is -0.416. The molecule has 24 heavy (non-hydrogen) atoms. The maximum absolute atomic E-state index is 12.4. The van der Waals surface area contributed by atoms with Crippen molar-refractivity contribution in [2.24, 2.45) is 0 Å². The largest absolute Gasteiger partial charge is 0.434 e. The lowest BCUT2D eigenvalue weighted by atomic mass is 9.95. The van der Waals surface area contributed by atoms with Crippen LogP contribution in [0, 0.1) is 0 Å². The average Bonchev–Trinajstić information content (AvgIpc) is 3.13. The predicted octanol–water partition coefficient (Wildman–Crippen LogP) is 3.27. The topological polar surface area (TPSA) is 67.4 Å². The van der Waals surface area contributed by atoms with E-state index in [0.717, 1.165) is 41.8 Å². The zero-order valence-corrected chi connectivity index (χ0v) is 14.2. The summed E-state index contributed by atoms with van der Waals surface area (Å²) in [6, 6.07) is 7.35. The first kappa shape index (κ1) is 15.2. The van der Waals surface area contributed by atoms with Crippen molar-refractivity contribution in [1.29, 1.82) is 0 Å². The van der Waals surface area contributed by atoms with E-state index in [9.17, 15) is 9.59 Å². The molecule has 0 saturated heterocycles. The Bertz CT molecular complexity index is 828. The molecule has 124 valence electrons. The fourth-order valence-electron chi connectivity index (χ4n) is 3.40. The van der Waals surface area contributed by atoms with Gasteiger partial charge in [-0.1, -0.05) is 18.2 Å². The number of ether oxygens (including phenoxy) is 1. The van der Waals surface area contributed by atoms with E-state index in [1.54, 1.807) is 24.5 Å². The maximum atomic E-state index is 12.4. The van der Waals surface area contributed by atoms with Crippen LogP contribution in [0.3, 0.4) is 0 Å². The summed E-state index contributed by atoms with van der Waals surface area (Å²) in [6.07, 6.45) is 3.65. The van der Waals surface area contributed by atoms with Crippen LogP contribution in [-0.2, 0) is 17.6 Å². The number of rotatable bonds is 3. The minimum absolute atomic E-state index is 0.0884. The van der Waals surface area contributed by atoms with E-state index in [4.69, 9.17) is 4.74 Å². The Balaban J connectivity index is 1.72. The number of benzene rings is 1. The van der Waals surface area contributed by atoms with E-state index in [2.05, 4.69) is 10.6 Å². The third kappa shape index (κ3) is 2.38. The fraction of sp³-hybridized carbons (Fsp3) is 0.333. The molecule has 6 heteroatoms. The number of cyclic esters (lactones) is 1. The van der Waals surface area contributed by atoms with Gasteiger partial charge in [-0.25, -0.2) is 4.79 Å². The number of nitrogens with one attached hydrogen (secondary N) is 2. The lowest BCUT2D eigenvalue weighted by molar-refractivity contribution is 0.0437. The normalized spacial score (nSPS) is 18.5. The molecule has 1 atom stereocenters. The lowest BCUT2D eigenvalue weighted by Gasteiger charge is -2.15. The van der Waals surface area contributed by atoms with Gasteiger partial charge in [0.15, 0.2) is 0 Å². The molecule has 0 saturated carbocycles. The van der Waals surface area contributed by atoms with E-state index in [-0.39, 0.29) is 11.9 Å². The van der Waals surface area contributed by atoms with E-state index in [1.165, 1.54) is 4.88 Å². The summed E-state index contributed by atoms with van der Waals surface area (Å²) in [4.78, 5) is 25.7. The van der Waals surface area contributed by atoms with Crippen LogP contribution in [0.5, 0.6) is 0 Å². The van der Waals surface area contributed by atoms with Gasteiger partial charge in [0.1, 0.15) is 5.00 Å². The molecule has 1 unspecified atom stereocenters. The Morgan fingerprint density at radius 3 is 2.88 bits per heavy atom. The van der Waals surface area contributed by atoms with E-state index in [0.29, 0.717) is 11.1 Å². The molecule has 0 fully saturated rings. The van der Waals surface area contributed by atoms with Crippen molar-refractivity contribution in [2.75, 3.05) is 12.4 Å². The van der Waals surface area contributed by atoms with Gasteiger partial charge in [0.2, 0.25) is 6.23 Å². The van der Waals surface area contributed by atoms with Crippen LogP contribution in [0.25, 0.3) is 0 Å². The molecule has 1 aliphatic heterocycles. The van der Waals surface area contributed by atoms with Crippen LogP contribution < -0.4 is 10.6 Å². The number of carbonyl (C=O) groups is 2. The third-order valence-electron chi connectivity index (χ3n) is 4.58. The van der Waals surface area contributed by atoms with Crippen molar-refractivity contribution in [1.82, 2.24) is 5.32 Å². The first-order valence-corrected chi connectivity index (χ1v) is 8.93. The summed E-state index contributed by atoms with van der Waals surface area (Å²) in [5.41, 5.74) is 3.25. The quantitative estimate of drug-likeness (QED) is 0.840. The Morgan fingerprint density at radius 2 is 2.04 bits per heavy atom. The number of hydrogen-bond donors (Lipinski definition) is 2. The lowest BCUT2D eigenvalue weighted by Crippen LogP contribution is -2.21. The van der Waals surface area contributed by atoms with Crippen LogP contribution in [0.15, 0.2) is 24.3 Å². The van der Waals surface area contributed by atoms with Crippen molar-refractivity contribution in [3.05, 3.63) is 51.4 Å². The molecule has 0 bridgehead atoms. The molecule has 2 aliphatic rings. The number of hydrogen-bond acceptors (Lipinski definition) is 5. The van der Waals surface area contributed by atoms with Crippen LogP contribution in [0.2, 0.25) is 0 Å². The van der Waals surface area contributed by atoms with E-state index >= 15 is 0 Å². The molecule has 1 aromatic heterocycles. The summed E-state index contributed by atoms with van der Waals surface area (Å²) in [6.45, 7) is 0. The highest BCUT2D eigenvalue weighted by atomic mass is 32.1. The number of fused-ring (bicyclic) bond motifs is 2. The average molecular weight is 342 g/mol. The first-order valence-electron chi connectivity index (χ1n) is 8.12. The third-order valence-corrected chi connectivity index (χ3v) is 5.80. The summed E-state index contributed by atoms with van der Waals surface area (Å²) >= 11 is 1.61. The second-order valence-electron chi connectivity index (χ2n) is 6.01. The number of amides is 1. The molecule has 1 aromatic carbocycles. The molecule has 2 aromatic rings. The maximum Gasteiger partial charge on any atom is 0.340 e. The fourth-order valence-corrected chi connectivity index (χ4v) is 4.71. The molecule has 0 spiro atoms. The molecule has 2 heterocycles. The summed E-state index contributed by atoms with van der Waals surface area (Å²) < 4.78 is 5.46. The van der Waals surface area contributed by atoms with Gasteiger partial charge in [0, 0.05) is 17.5 Å². The second kappa shape index (κ2) is 5.94. The Labute approximate surface area is 144 Å². The van der Waals surface area contributed by atoms with Crippen LogP contribution in [0.1, 0.15) is 55.8 Å². The van der Waals surface area contributed by atoms with Gasteiger partial charge in [-0.3, -0.25) is 4.79 Å². The first-order chi connectivity index (χ1) is 11.7. The Hall–Kier alpha value is -2.34. The zero-order valence-electron chi connectivity index (χ0n) is 13.3. The molecular weight excluding hydrogens is 324 g/mol. The van der Waals surface area contributed by atoms with Crippen molar-refractivity contribution in [3.63, 3.8) is 0 Å². The molecular formula is C18H18N2O3S. The molecule has 2 N–H and O–H groups in total. The molecule has 0 radical (unpaired) electrons. The van der Waals surface area contributed by atoms with Crippen molar-refractivity contribution < 1.29 is 14.3 Å². The Kier molecular flexibility index (Phi) is 3.76. The Morgan fingerprint density at radius 1 is 1.25 bits per heavy atom.